The number of likely N-dealkylation sites (tertiary alicyclic amines) is 1. The van der Waals surface area contributed by atoms with Crippen LogP contribution in [0, 0.1) is 0 Å². The highest BCUT2D eigenvalue weighted by Crippen LogP contribution is 2.29. The molecule has 2 aromatic heterocycles. The third-order valence-corrected chi connectivity index (χ3v) is 7.08. The predicted molar refractivity (Wildman–Crippen MR) is 144 cm³/mol. The average molecular weight is 484 g/mol. The highest BCUT2D eigenvalue weighted by molar-refractivity contribution is 5.93. The van der Waals surface area contributed by atoms with E-state index in [0.29, 0.717) is 17.8 Å². The Bertz CT molecular complexity index is 1440. The molecule has 0 aliphatic carbocycles. The number of nitrogens with zero attached hydrogens (tertiary/aromatic N) is 4. The van der Waals surface area contributed by atoms with Crippen LogP contribution in [0.1, 0.15) is 37.7 Å². The maximum absolute atomic E-state index is 13.2. The highest BCUT2D eigenvalue weighted by Gasteiger charge is 2.22. The van der Waals surface area contributed by atoms with Gasteiger partial charge in [0.1, 0.15) is 5.69 Å². The number of aromatic nitrogens is 3. The summed E-state index contributed by atoms with van der Waals surface area (Å²) in [6.45, 7) is 5.09. The van der Waals surface area contributed by atoms with Gasteiger partial charge in [-0.05, 0) is 74.2 Å². The number of aryl methyl sites for hydroxylation is 2. The molecule has 1 atom stereocenters. The van der Waals surface area contributed by atoms with Gasteiger partial charge in [-0.1, -0.05) is 30.3 Å². The zero-order chi connectivity index (χ0) is 25.1. The molecule has 1 amide bonds. The Morgan fingerprint density at radius 3 is 2.67 bits per heavy atom. The van der Waals surface area contributed by atoms with E-state index in [9.17, 15) is 9.59 Å². The Kier molecular flexibility index (Phi) is 7.00. The molecule has 2 aromatic carbocycles. The molecule has 36 heavy (non-hydrogen) atoms. The summed E-state index contributed by atoms with van der Waals surface area (Å²) < 4.78 is 3.68. The molecule has 1 unspecified atom stereocenters. The van der Waals surface area contributed by atoms with Crippen molar-refractivity contribution in [2.75, 3.05) is 25.0 Å². The average Bonchev–Trinajstić information content (AvgIpc) is 3.31. The lowest BCUT2D eigenvalue weighted by molar-refractivity contribution is -0.114. The molecule has 5 rings (SSSR count). The molecule has 7 heteroatoms. The van der Waals surface area contributed by atoms with Crippen LogP contribution in [0.2, 0.25) is 0 Å². The third-order valence-electron chi connectivity index (χ3n) is 7.08. The first-order valence-corrected chi connectivity index (χ1v) is 12.7. The van der Waals surface area contributed by atoms with Crippen LogP contribution in [0.4, 0.5) is 5.69 Å². The SMILES string of the molecule is CC(=O)Nc1cccc(C2CCCN(CCCn3nc(-c4cccn4C)c4ccccc4c3=O)C2)c1. The summed E-state index contributed by atoms with van der Waals surface area (Å²) in [7, 11) is 2.00. The topological polar surface area (TPSA) is 72.2 Å². The quantitative estimate of drug-likeness (QED) is 0.416. The van der Waals surface area contributed by atoms with Crippen LogP contribution >= 0.6 is 0 Å². The van der Waals surface area contributed by atoms with E-state index in [1.807, 2.05) is 66.3 Å². The lowest BCUT2D eigenvalue weighted by atomic mass is 9.90. The first-order chi connectivity index (χ1) is 17.5. The van der Waals surface area contributed by atoms with Gasteiger partial charge in [-0.3, -0.25) is 9.59 Å². The molecule has 1 fully saturated rings. The summed E-state index contributed by atoms with van der Waals surface area (Å²) in [6.07, 6.45) is 5.14. The second-order valence-electron chi connectivity index (χ2n) is 9.73. The minimum absolute atomic E-state index is 0.0325. The van der Waals surface area contributed by atoms with Crippen LogP contribution in [0.25, 0.3) is 22.2 Å². The second-order valence-corrected chi connectivity index (χ2v) is 9.73. The van der Waals surface area contributed by atoms with Crippen LogP contribution < -0.4 is 10.9 Å². The van der Waals surface area contributed by atoms with Crippen molar-refractivity contribution in [3.8, 4) is 11.4 Å². The van der Waals surface area contributed by atoms with E-state index in [1.165, 1.54) is 12.5 Å². The summed E-state index contributed by atoms with van der Waals surface area (Å²) in [5.41, 5.74) is 3.93. The number of amides is 1. The molecular formula is C29H33N5O2. The Morgan fingerprint density at radius 1 is 1.06 bits per heavy atom. The third kappa shape index (κ3) is 5.11. The van der Waals surface area contributed by atoms with Crippen molar-refractivity contribution < 1.29 is 4.79 Å². The van der Waals surface area contributed by atoms with Gasteiger partial charge < -0.3 is 14.8 Å². The zero-order valence-electron chi connectivity index (χ0n) is 21.0. The number of benzene rings is 2. The Hall–Kier alpha value is -3.71. The molecule has 3 heterocycles. The maximum Gasteiger partial charge on any atom is 0.274 e. The smallest absolute Gasteiger partial charge is 0.274 e. The Balaban J connectivity index is 1.29. The van der Waals surface area contributed by atoms with Crippen molar-refractivity contribution in [2.45, 2.75) is 38.6 Å². The van der Waals surface area contributed by atoms with E-state index in [1.54, 1.807) is 4.68 Å². The van der Waals surface area contributed by atoms with Gasteiger partial charge in [0.2, 0.25) is 5.91 Å². The lowest BCUT2D eigenvalue weighted by Crippen LogP contribution is -2.36. The van der Waals surface area contributed by atoms with Gasteiger partial charge in [0.15, 0.2) is 0 Å². The number of piperidine rings is 1. The van der Waals surface area contributed by atoms with Gasteiger partial charge in [0, 0.05) is 44.3 Å². The molecule has 1 aliphatic rings. The minimum Gasteiger partial charge on any atom is -0.349 e. The zero-order valence-corrected chi connectivity index (χ0v) is 21.0. The molecule has 1 aliphatic heterocycles. The van der Waals surface area contributed by atoms with E-state index in [2.05, 4.69) is 22.3 Å². The van der Waals surface area contributed by atoms with Crippen molar-refractivity contribution in [3.05, 3.63) is 82.8 Å². The predicted octanol–water partition coefficient (Wildman–Crippen LogP) is 4.63. The van der Waals surface area contributed by atoms with Crippen molar-refractivity contribution >= 4 is 22.4 Å². The number of carbonyl (C=O) groups is 1. The minimum atomic E-state index is -0.0507. The molecule has 1 saturated heterocycles. The molecule has 0 saturated carbocycles. The number of hydrogen-bond acceptors (Lipinski definition) is 4. The molecule has 186 valence electrons. The van der Waals surface area contributed by atoms with Gasteiger partial charge in [-0.15, -0.1) is 0 Å². The number of fused-ring (bicyclic) bond motifs is 1. The molecule has 0 bridgehead atoms. The van der Waals surface area contributed by atoms with Crippen molar-refractivity contribution in [1.29, 1.82) is 0 Å². The molecule has 0 radical (unpaired) electrons. The molecule has 1 N–H and O–H groups in total. The summed E-state index contributed by atoms with van der Waals surface area (Å²) in [5, 5.41) is 9.30. The normalized spacial score (nSPS) is 16.3. The second kappa shape index (κ2) is 10.5. The van der Waals surface area contributed by atoms with Gasteiger partial charge >= 0.3 is 0 Å². The van der Waals surface area contributed by atoms with Crippen molar-refractivity contribution in [3.63, 3.8) is 0 Å². The van der Waals surface area contributed by atoms with Crippen LogP contribution in [0.5, 0.6) is 0 Å². The summed E-state index contributed by atoms with van der Waals surface area (Å²) in [6, 6.07) is 20.0. The van der Waals surface area contributed by atoms with E-state index in [0.717, 1.165) is 61.4 Å². The van der Waals surface area contributed by atoms with E-state index in [4.69, 9.17) is 5.10 Å². The molecule has 0 spiro atoms. The van der Waals surface area contributed by atoms with Crippen LogP contribution in [-0.2, 0) is 18.4 Å². The molecule has 4 aromatic rings. The number of rotatable bonds is 7. The van der Waals surface area contributed by atoms with Gasteiger partial charge in [0.05, 0.1) is 11.1 Å². The molecular weight excluding hydrogens is 450 g/mol. The number of anilines is 1. The first kappa shape index (κ1) is 24.0. The number of nitrogens with one attached hydrogen (secondary N) is 1. The Morgan fingerprint density at radius 2 is 1.89 bits per heavy atom. The monoisotopic (exact) mass is 483 g/mol. The first-order valence-electron chi connectivity index (χ1n) is 12.7. The fourth-order valence-corrected chi connectivity index (χ4v) is 5.33. The van der Waals surface area contributed by atoms with E-state index in [-0.39, 0.29) is 11.5 Å². The number of carbonyl (C=O) groups excluding carboxylic acids is 1. The van der Waals surface area contributed by atoms with Gasteiger partial charge in [0.25, 0.3) is 5.56 Å². The highest BCUT2D eigenvalue weighted by atomic mass is 16.1. The lowest BCUT2D eigenvalue weighted by Gasteiger charge is -2.33. The molecule has 7 nitrogen and oxygen atoms in total. The summed E-state index contributed by atoms with van der Waals surface area (Å²) in [5.74, 6) is 0.392. The van der Waals surface area contributed by atoms with Crippen molar-refractivity contribution in [2.24, 2.45) is 7.05 Å². The van der Waals surface area contributed by atoms with Crippen LogP contribution in [0.3, 0.4) is 0 Å². The van der Waals surface area contributed by atoms with Crippen LogP contribution in [0.15, 0.2) is 71.7 Å². The number of hydrogen-bond donors (Lipinski definition) is 1. The van der Waals surface area contributed by atoms with Crippen molar-refractivity contribution in [1.82, 2.24) is 19.2 Å². The standard InChI is InChI=1S/C29H33N5O2/c1-21(35)30-24-11-5-9-22(19-24)23-10-6-16-33(20-23)17-8-18-34-29(36)26-13-4-3-12-25(26)28(31-34)27-14-7-15-32(27)2/h3-5,7,9,11-15,19,23H,6,8,10,16-18,20H2,1-2H3,(H,30,35). The van der Waals surface area contributed by atoms with Crippen LogP contribution in [-0.4, -0.2) is 44.8 Å². The summed E-state index contributed by atoms with van der Waals surface area (Å²) in [4.78, 5) is 27.1. The van der Waals surface area contributed by atoms with E-state index < -0.39 is 0 Å². The Labute approximate surface area is 211 Å². The fourth-order valence-electron chi connectivity index (χ4n) is 5.33. The summed E-state index contributed by atoms with van der Waals surface area (Å²) >= 11 is 0. The fraction of sp³-hybridized carbons (Fsp3) is 0.345. The largest absolute Gasteiger partial charge is 0.349 e. The maximum atomic E-state index is 13.2. The van der Waals surface area contributed by atoms with Gasteiger partial charge in [-0.25, -0.2) is 4.68 Å². The van der Waals surface area contributed by atoms with E-state index >= 15 is 0 Å². The van der Waals surface area contributed by atoms with Gasteiger partial charge in [-0.2, -0.15) is 5.10 Å².